The summed E-state index contributed by atoms with van der Waals surface area (Å²) in [6, 6.07) is 10.2. The van der Waals surface area contributed by atoms with Gasteiger partial charge in [0.25, 0.3) is 11.8 Å². The van der Waals surface area contributed by atoms with Gasteiger partial charge in [-0.2, -0.15) is 13.9 Å². The predicted octanol–water partition coefficient (Wildman–Crippen LogP) is 4.79. The first-order valence-electron chi connectivity index (χ1n) is 10.1. The zero-order valence-corrected chi connectivity index (χ0v) is 18.2. The van der Waals surface area contributed by atoms with Gasteiger partial charge in [-0.1, -0.05) is 6.07 Å². The molecule has 0 fully saturated rings. The highest BCUT2D eigenvalue weighted by Gasteiger charge is 2.27. The fourth-order valence-electron chi connectivity index (χ4n) is 3.03. The van der Waals surface area contributed by atoms with Crippen LogP contribution in [0.5, 0.6) is 5.75 Å². The van der Waals surface area contributed by atoms with Crippen LogP contribution in [0.25, 0.3) is 0 Å². The lowest BCUT2D eigenvalue weighted by Crippen LogP contribution is -2.14. The lowest BCUT2D eigenvalue weighted by Gasteiger charge is -2.09. The molecule has 186 valence electrons. The van der Waals surface area contributed by atoms with Gasteiger partial charge in [-0.15, -0.1) is 0 Å². The molecule has 0 saturated heterocycles. The third-order valence-electron chi connectivity index (χ3n) is 4.74. The summed E-state index contributed by atoms with van der Waals surface area (Å²) in [5.74, 6) is -13.9. The number of carbonyl (C=O) groups is 2. The van der Waals surface area contributed by atoms with E-state index in [1.165, 1.54) is 28.9 Å². The maximum Gasteiger partial charge on any atom is 0.291 e. The van der Waals surface area contributed by atoms with Crippen molar-refractivity contribution in [3.8, 4) is 5.75 Å². The van der Waals surface area contributed by atoms with Crippen LogP contribution in [0.3, 0.4) is 0 Å². The number of amides is 2. The molecule has 0 unspecified atom stereocenters. The summed E-state index contributed by atoms with van der Waals surface area (Å²) in [7, 11) is 1.66. The molecule has 0 spiro atoms. The van der Waals surface area contributed by atoms with Crippen LogP contribution in [0.2, 0.25) is 0 Å². The Hall–Kier alpha value is -4.68. The van der Waals surface area contributed by atoms with Crippen LogP contribution in [0, 0.1) is 29.1 Å². The molecule has 2 aromatic heterocycles. The summed E-state index contributed by atoms with van der Waals surface area (Å²) < 4.78 is 78.5. The Balaban J connectivity index is 1.40. The Morgan fingerprint density at radius 1 is 0.889 bits per heavy atom. The van der Waals surface area contributed by atoms with Crippen molar-refractivity contribution >= 4 is 23.2 Å². The molecule has 0 aliphatic heterocycles. The molecule has 2 N–H and O–H groups in total. The molecule has 2 aromatic carbocycles. The summed E-state index contributed by atoms with van der Waals surface area (Å²) in [4.78, 5) is 24.7. The highest BCUT2D eigenvalue weighted by molar-refractivity contribution is 6.04. The minimum absolute atomic E-state index is 0.125. The van der Waals surface area contributed by atoms with E-state index in [1.54, 1.807) is 31.4 Å². The molecule has 36 heavy (non-hydrogen) atoms. The van der Waals surface area contributed by atoms with Gasteiger partial charge in [-0.3, -0.25) is 14.3 Å². The normalized spacial score (nSPS) is 10.8. The minimum atomic E-state index is -2.31. The summed E-state index contributed by atoms with van der Waals surface area (Å²) in [6.07, 6.45) is 1.61. The number of aromatic nitrogens is 2. The van der Waals surface area contributed by atoms with Crippen LogP contribution in [-0.4, -0.2) is 21.6 Å². The Morgan fingerprint density at radius 3 is 2.11 bits per heavy atom. The van der Waals surface area contributed by atoms with Gasteiger partial charge in [0.2, 0.25) is 29.1 Å². The average Bonchev–Trinajstić information content (AvgIpc) is 3.51. The highest BCUT2D eigenvalue weighted by atomic mass is 19.2. The molecule has 0 bridgehead atoms. The van der Waals surface area contributed by atoms with E-state index in [9.17, 15) is 31.5 Å². The van der Waals surface area contributed by atoms with Crippen LogP contribution in [0.1, 0.15) is 26.8 Å². The second kappa shape index (κ2) is 9.90. The Kier molecular flexibility index (Phi) is 6.72. The monoisotopic (exact) mass is 506 g/mol. The number of nitrogens with one attached hydrogen (secondary N) is 2. The molecule has 4 aromatic rings. The molecule has 0 radical (unpaired) electrons. The van der Waals surface area contributed by atoms with Gasteiger partial charge in [0, 0.05) is 24.6 Å². The average molecular weight is 506 g/mol. The number of carbonyl (C=O) groups excluding carboxylic acids is 2. The van der Waals surface area contributed by atoms with Crippen LogP contribution in [-0.2, 0) is 13.7 Å². The maximum atomic E-state index is 13.7. The zero-order chi connectivity index (χ0) is 26.0. The van der Waals surface area contributed by atoms with Crippen LogP contribution >= 0.6 is 0 Å². The first kappa shape index (κ1) is 24.4. The van der Waals surface area contributed by atoms with E-state index in [2.05, 4.69) is 15.7 Å². The van der Waals surface area contributed by atoms with E-state index in [0.29, 0.717) is 11.4 Å². The molecule has 2 heterocycles. The lowest BCUT2D eigenvalue weighted by molar-refractivity contribution is 0.0990. The molecule has 13 heteroatoms. The Labute approximate surface area is 199 Å². The van der Waals surface area contributed by atoms with Gasteiger partial charge >= 0.3 is 0 Å². The van der Waals surface area contributed by atoms with Gasteiger partial charge in [-0.25, -0.2) is 13.2 Å². The van der Waals surface area contributed by atoms with Crippen molar-refractivity contribution in [3.63, 3.8) is 0 Å². The number of hydrogen-bond acceptors (Lipinski definition) is 5. The molecule has 0 aliphatic carbocycles. The number of benzene rings is 2. The van der Waals surface area contributed by atoms with E-state index < -0.39 is 53.3 Å². The zero-order valence-electron chi connectivity index (χ0n) is 18.2. The van der Waals surface area contributed by atoms with Crippen LogP contribution in [0.4, 0.5) is 33.3 Å². The molecular weight excluding hydrogens is 491 g/mol. The molecule has 4 rings (SSSR count). The van der Waals surface area contributed by atoms with Crippen molar-refractivity contribution in [2.24, 2.45) is 7.05 Å². The number of anilines is 2. The van der Waals surface area contributed by atoms with Crippen molar-refractivity contribution in [1.29, 1.82) is 0 Å². The largest absolute Gasteiger partial charge is 0.479 e. The topological polar surface area (TPSA) is 98.4 Å². The van der Waals surface area contributed by atoms with Crippen molar-refractivity contribution in [2.45, 2.75) is 6.61 Å². The Morgan fingerprint density at radius 2 is 1.50 bits per heavy atom. The predicted molar refractivity (Wildman–Crippen MR) is 115 cm³/mol. The number of nitrogens with zero attached hydrogens (tertiary/aromatic N) is 2. The van der Waals surface area contributed by atoms with Crippen molar-refractivity contribution in [2.75, 3.05) is 10.6 Å². The standard InChI is InChI=1S/C23H15F5N4O4/c1-32-8-7-14(31-32)22(33)29-11-3-2-4-12(9-11)30-23(34)15-6-5-13(36-15)10-35-21-19(27)17(25)16(24)18(26)20(21)28/h2-9H,10H2,1H3,(H,29,33)(H,30,34). The maximum absolute atomic E-state index is 13.7. The van der Waals surface area contributed by atoms with E-state index in [-0.39, 0.29) is 17.2 Å². The number of ether oxygens (including phenoxy) is 1. The SMILES string of the molecule is Cn1ccc(C(=O)Nc2cccc(NC(=O)c3ccc(COc4c(F)c(F)c(F)c(F)c4F)o3)c2)n1. The first-order chi connectivity index (χ1) is 17.1. The van der Waals surface area contributed by atoms with Crippen molar-refractivity contribution in [3.05, 3.63) is 95.0 Å². The molecule has 8 nitrogen and oxygen atoms in total. The van der Waals surface area contributed by atoms with Crippen LogP contribution < -0.4 is 15.4 Å². The smallest absolute Gasteiger partial charge is 0.291 e. The van der Waals surface area contributed by atoms with Gasteiger partial charge in [0.15, 0.2) is 17.2 Å². The van der Waals surface area contributed by atoms with E-state index in [4.69, 9.17) is 9.15 Å². The number of furan rings is 1. The lowest BCUT2D eigenvalue weighted by atomic mass is 10.2. The van der Waals surface area contributed by atoms with Crippen LogP contribution in [0.15, 0.2) is 53.1 Å². The third kappa shape index (κ3) is 5.04. The second-order valence-electron chi connectivity index (χ2n) is 7.32. The molecule has 2 amide bonds. The number of halogens is 5. The fraction of sp³-hybridized carbons (Fsp3) is 0.0870. The number of rotatable bonds is 7. The highest BCUT2D eigenvalue weighted by Crippen LogP contribution is 2.30. The van der Waals surface area contributed by atoms with Crippen molar-refractivity contribution in [1.82, 2.24) is 9.78 Å². The van der Waals surface area contributed by atoms with Gasteiger partial charge in [-0.05, 0) is 36.4 Å². The summed E-state index contributed by atoms with van der Waals surface area (Å²) in [5, 5.41) is 9.17. The second-order valence-corrected chi connectivity index (χ2v) is 7.32. The molecular formula is C23H15F5N4O4. The van der Waals surface area contributed by atoms with Gasteiger partial charge in [0.05, 0.1) is 0 Å². The summed E-state index contributed by atoms with van der Waals surface area (Å²) in [5.41, 5.74) is 0.873. The Bertz CT molecular complexity index is 1440. The van der Waals surface area contributed by atoms with Gasteiger partial charge in [0.1, 0.15) is 12.4 Å². The van der Waals surface area contributed by atoms with E-state index in [1.807, 2.05) is 0 Å². The number of hydrogen-bond donors (Lipinski definition) is 2. The summed E-state index contributed by atoms with van der Waals surface area (Å²) in [6.45, 7) is -0.722. The first-order valence-corrected chi connectivity index (χ1v) is 10.1. The molecule has 0 atom stereocenters. The fourth-order valence-corrected chi connectivity index (χ4v) is 3.03. The van der Waals surface area contributed by atoms with Crippen molar-refractivity contribution < 1.29 is 40.7 Å². The quantitative estimate of drug-likeness (QED) is 0.213. The van der Waals surface area contributed by atoms with E-state index >= 15 is 0 Å². The molecule has 0 saturated carbocycles. The van der Waals surface area contributed by atoms with Gasteiger partial charge < -0.3 is 19.8 Å². The van der Waals surface area contributed by atoms with E-state index in [0.717, 1.165) is 0 Å². The third-order valence-corrected chi connectivity index (χ3v) is 4.74. The number of aryl methyl sites for hydroxylation is 1. The summed E-state index contributed by atoms with van der Waals surface area (Å²) >= 11 is 0. The molecule has 0 aliphatic rings. The minimum Gasteiger partial charge on any atom is -0.479 e.